The molecule has 4 aromatic rings. The third-order valence-corrected chi connectivity index (χ3v) is 5.47. The van der Waals surface area contributed by atoms with Crippen LogP contribution in [0.15, 0.2) is 80.5 Å². The molecule has 0 radical (unpaired) electrons. The molecule has 138 valence electrons. The lowest BCUT2D eigenvalue weighted by atomic mass is 10.2. The van der Waals surface area contributed by atoms with Crippen LogP contribution in [0, 0.1) is 6.92 Å². The van der Waals surface area contributed by atoms with Gasteiger partial charge in [0.05, 0.1) is 16.6 Å². The summed E-state index contributed by atoms with van der Waals surface area (Å²) in [5.74, 6) is 0.589. The van der Waals surface area contributed by atoms with Gasteiger partial charge in [0, 0.05) is 8.95 Å². The molecule has 0 amide bonds. The van der Waals surface area contributed by atoms with Gasteiger partial charge in [0.1, 0.15) is 5.82 Å². The van der Waals surface area contributed by atoms with E-state index in [9.17, 15) is 4.79 Å². The van der Waals surface area contributed by atoms with E-state index in [1.165, 1.54) is 0 Å². The van der Waals surface area contributed by atoms with E-state index in [0.717, 1.165) is 25.8 Å². The fraction of sp³-hybridized carbons (Fsp3) is 0.0435. The Balaban J connectivity index is 1.93. The van der Waals surface area contributed by atoms with Gasteiger partial charge in [0.25, 0.3) is 5.56 Å². The topological polar surface area (TPSA) is 34.9 Å². The third-order valence-electron chi connectivity index (χ3n) is 4.44. The maximum Gasteiger partial charge on any atom is 0.266 e. The van der Waals surface area contributed by atoms with E-state index < -0.39 is 0 Å². The molecule has 5 heteroatoms. The number of hydrogen-bond donors (Lipinski definition) is 0. The normalized spacial score (nSPS) is 11.4. The number of halogens is 2. The second kappa shape index (κ2) is 7.86. The van der Waals surface area contributed by atoms with Crippen molar-refractivity contribution in [3.8, 4) is 5.69 Å². The number of nitrogens with zero attached hydrogens (tertiary/aromatic N) is 2. The van der Waals surface area contributed by atoms with Gasteiger partial charge in [-0.25, -0.2) is 4.98 Å². The summed E-state index contributed by atoms with van der Waals surface area (Å²) in [4.78, 5) is 18.1. The molecule has 0 aliphatic rings. The lowest BCUT2D eigenvalue weighted by Crippen LogP contribution is -2.22. The molecular weight excluding hydrogens is 480 g/mol. The molecule has 0 unspecified atom stereocenters. The van der Waals surface area contributed by atoms with Gasteiger partial charge in [0.2, 0.25) is 0 Å². The molecule has 28 heavy (non-hydrogen) atoms. The van der Waals surface area contributed by atoms with Crippen LogP contribution in [0.3, 0.4) is 0 Å². The van der Waals surface area contributed by atoms with Crippen molar-refractivity contribution in [2.45, 2.75) is 6.92 Å². The number of aryl methyl sites for hydroxylation is 1. The number of hydrogen-bond acceptors (Lipinski definition) is 2. The Labute approximate surface area is 179 Å². The van der Waals surface area contributed by atoms with Crippen LogP contribution < -0.4 is 5.56 Å². The van der Waals surface area contributed by atoms with Gasteiger partial charge in [0.15, 0.2) is 0 Å². The smallest absolute Gasteiger partial charge is 0.266 e. The molecule has 0 aliphatic heterocycles. The Morgan fingerprint density at radius 2 is 1.54 bits per heavy atom. The minimum atomic E-state index is -0.0920. The summed E-state index contributed by atoms with van der Waals surface area (Å²) in [6.07, 6.45) is 3.84. The monoisotopic (exact) mass is 494 g/mol. The first-order valence-electron chi connectivity index (χ1n) is 8.74. The summed E-state index contributed by atoms with van der Waals surface area (Å²) in [6.45, 7) is 2.02. The Morgan fingerprint density at radius 1 is 0.857 bits per heavy atom. The largest absolute Gasteiger partial charge is 0.268 e. The predicted molar refractivity (Wildman–Crippen MR) is 123 cm³/mol. The molecule has 4 rings (SSSR count). The van der Waals surface area contributed by atoms with Crippen molar-refractivity contribution in [2.24, 2.45) is 0 Å². The van der Waals surface area contributed by atoms with Gasteiger partial charge in [-0.05, 0) is 61.0 Å². The minimum absolute atomic E-state index is 0.0920. The average molecular weight is 496 g/mol. The number of aromatic nitrogens is 2. The molecule has 0 spiro atoms. The summed E-state index contributed by atoms with van der Waals surface area (Å²) in [7, 11) is 0. The van der Waals surface area contributed by atoms with E-state index in [0.29, 0.717) is 16.7 Å². The molecule has 0 atom stereocenters. The maximum absolute atomic E-state index is 13.3. The summed E-state index contributed by atoms with van der Waals surface area (Å²) in [5.41, 5.74) is 3.54. The van der Waals surface area contributed by atoms with Crippen molar-refractivity contribution in [2.75, 3.05) is 0 Å². The van der Waals surface area contributed by atoms with Gasteiger partial charge in [-0.2, -0.15) is 0 Å². The van der Waals surface area contributed by atoms with Crippen LogP contribution in [0.4, 0.5) is 0 Å². The van der Waals surface area contributed by atoms with E-state index in [4.69, 9.17) is 4.98 Å². The van der Waals surface area contributed by atoms with Gasteiger partial charge in [-0.1, -0.05) is 67.8 Å². The molecule has 0 fully saturated rings. The van der Waals surface area contributed by atoms with E-state index in [2.05, 4.69) is 31.9 Å². The van der Waals surface area contributed by atoms with Gasteiger partial charge < -0.3 is 0 Å². The fourth-order valence-corrected chi connectivity index (χ4v) is 3.60. The average Bonchev–Trinajstić information content (AvgIpc) is 2.69. The first-order valence-corrected chi connectivity index (χ1v) is 10.3. The zero-order chi connectivity index (χ0) is 19.7. The van der Waals surface area contributed by atoms with Crippen molar-refractivity contribution >= 4 is 54.9 Å². The van der Waals surface area contributed by atoms with Crippen LogP contribution in [0.2, 0.25) is 0 Å². The lowest BCUT2D eigenvalue weighted by Gasteiger charge is -2.12. The zero-order valence-corrected chi connectivity index (χ0v) is 18.2. The van der Waals surface area contributed by atoms with Crippen molar-refractivity contribution in [1.29, 1.82) is 0 Å². The summed E-state index contributed by atoms with van der Waals surface area (Å²) >= 11 is 6.90. The van der Waals surface area contributed by atoms with Gasteiger partial charge in [-0.15, -0.1) is 0 Å². The molecule has 1 heterocycles. The second-order valence-electron chi connectivity index (χ2n) is 6.49. The summed E-state index contributed by atoms with van der Waals surface area (Å²) in [6, 6.07) is 21.4. The standard InChI is InChI=1S/C23H16Br2N2O/c1-15-2-10-19(11-3-15)27-22(13-6-16-4-7-17(24)8-5-16)26-21-12-9-18(25)14-20(21)23(27)28/h2-14H,1H3/b13-6+. The third kappa shape index (κ3) is 3.86. The molecule has 3 aromatic carbocycles. The van der Waals surface area contributed by atoms with Crippen LogP contribution in [0.25, 0.3) is 28.7 Å². The number of benzene rings is 3. The fourth-order valence-electron chi connectivity index (χ4n) is 2.97. The molecule has 3 nitrogen and oxygen atoms in total. The zero-order valence-electron chi connectivity index (χ0n) is 15.1. The van der Waals surface area contributed by atoms with Crippen LogP contribution >= 0.6 is 31.9 Å². The summed E-state index contributed by atoms with van der Waals surface area (Å²) < 4.78 is 3.53. The Kier molecular flexibility index (Phi) is 5.29. The van der Waals surface area contributed by atoms with E-state index in [-0.39, 0.29) is 5.56 Å². The first-order chi connectivity index (χ1) is 13.5. The van der Waals surface area contributed by atoms with Crippen molar-refractivity contribution in [3.05, 3.63) is 103 Å². The Hall–Kier alpha value is -2.50. The molecule has 1 aromatic heterocycles. The van der Waals surface area contributed by atoms with Crippen molar-refractivity contribution in [3.63, 3.8) is 0 Å². The second-order valence-corrected chi connectivity index (χ2v) is 8.32. The highest BCUT2D eigenvalue weighted by Crippen LogP contribution is 2.20. The van der Waals surface area contributed by atoms with E-state index >= 15 is 0 Å². The predicted octanol–water partition coefficient (Wildman–Crippen LogP) is 6.39. The highest BCUT2D eigenvalue weighted by Gasteiger charge is 2.11. The lowest BCUT2D eigenvalue weighted by molar-refractivity contribution is 0.943. The molecule has 0 N–H and O–H groups in total. The highest BCUT2D eigenvalue weighted by atomic mass is 79.9. The van der Waals surface area contributed by atoms with Crippen LogP contribution in [0.1, 0.15) is 17.0 Å². The quantitative estimate of drug-likeness (QED) is 0.330. The maximum atomic E-state index is 13.3. The Bertz CT molecular complexity index is 1240. The van der Waals surface area contributed by atoms with Gasteiger partial charge >= 0.3 is 0 Å². The number of fused-ring (bicyclic) bond motifs is 1. The van der Waals surface area contributed by atoms with Crippen LogP contribution in [-0.4, -0.2) is 9.55 Å². The molecule has 0 aliphatic carbocycles. The van der Waals surface area contributed by atoms with Crippen LogP contribution in [-0.2, 0) is 0 Å². The molecular formula is C23H16Br2N2O. The van der Waals surface area contributed by atoms with Crippen molar-refractivity contribution < 1.29 is 0 Å². The summed E-state index contributed by atoms with van der Waals surface area (Å²) in [5, 5.41) is 0.579. The SMILES string of the molecule is Cc1ccc(-n2c(/C=C/c3ccc(Br)cc3)nc3ccc(Br)cc3c2=O)cc1. The molecule has 0 saturated carbocycles. The highest BCUT2D eigenvalue weighted by molar-refractivity contribution is 9.10. The minimum Gasteiger partial charge on any atom is -0.268 e. The molecule has 0 saturated heterocycles. The van der Waals surface area contributed by atoms with E-state index in [1.807, 2.05) is 85.8 Å². The first kappa shape index (κ1) is 18.8. The van der Waals surface area contributed by atoms with Gasteiger partial charge in [-0.3, -0.25) is 9.36 Å². The van der Waals surface area contributed by atoms with Crippen molar-refractivity contribution in [1.82, 2.24) is 9.55 Å². The van der Waals surface area contributed by atoms with Crippen LogP contribution in [0.5, 0.6) is 0 Å². The number of rotatable bonds is 3. The molecule has 0 bridgehead atoms. The Morgan fingerprint density at radius 3 is 2.25 bits per heavy atom. The van der Waals surface area contributed by atoms with E-state index in [1.54, 1.807) is 4.57 Å².